The number of hydrogen-bond donors (Lipinski definition) is 1. The molecular formula is C16H20BrN3O. The van der Waals surface area contributed by atoms with Gasteiger partial charge in [-0.2, -0.15) is 5.10 Å². The van der Waals surface area contributed by atoms with E-state index in [1.54, 1.807) is 0 Å². The second kappa shape index (κ2) is 6.20. The van der Waals surface area contributed by atoms with E-state index in [-0.39, 0.29) is 6.04 Å². The molecule has 1 aromatic carbocycles. The molecule has 21 heavy (non-hydrogen) atoms. The molecule has 0 saturated carbocycles. The van der Waals surface area contributed by atoms with Crippen LogP contribution in [0, 0.1) is 5.92 Å². The van der Waals surface area contributed by atoms with Crippen LogP contribution in [0.15, 0.2) is 34.9 Å². The molecule has 0 aliphatic carbocycles. The van der Waals surface area contributed by atoms with Crippen molar-refractivity contribution in [3.8, 4) is 5.75 Å². The highest BCUT2D eigenvalue weighted by atomic mass is 79.9. The number of aromatic nitrogens is 2. The third-order valence-corrected chi connectivity index (χ3v) is 4.65. The number of nitrogens with one attached hydrogen (secondary N) is 1. The summed E-state index contributed by atoms with van der Waals surface area (Å²) in [5.74, 6) is 1.42. The zero-order valence-corrected chi connectivity index (χ0v) is 13.9. The highest BCUT2D eigenvalue weighted by Crippen LogP contribution is 2.35. The van der Waals surface area contributed by atoms with E-state index in [0.717, 1.165) is 29.8 Å². The van der Waals surface area contributed by atoms with E-state index in [9.17, 15) is 0 Å². The van der Waals surface area contributed by atoms with Gasteiger partial charge in [0.15, 0.2) is 0 Å². The minimum Gasteiger partial charge on any atom is -0.493 e. The Hall–Kier alpha value is -1.33. The van der Waals surface area contributed by atoms with Crippen LogP contribution < -0.4 is 10.1 Å². The number of rotatable bonds is 4. The Labute approximate surface area is 133 Å². The van der Waals surface area contributed by atoms with Crippen LogP contribution in [-0.2, 0) is 13.5 Å². The van der Waals surface area contributed by atoms with Gasteiger partial charge in [0.05, 0.1) is 29.0 Å². The Balaban J connectivity index is 1.89. The molecule has 0 amide bonds. The van der Waals surface area contributed by atoms with Gasteiger partial charge in [-0.1, -0.05) is 25.1 Å². The number of hydrogen-bond acceptors (Lipinski definition) is 3. The molecule has 1 aromatic heterocycles. The highest BCUT2D eigenvalue weighted by molar-refractivity contribution is 9.10. The van der Waals surface area contributed by atoms with Crippen molar-refractivity contribution in [2.75, 3.05) is 13.2 Å². The molecule has 2 aromatic rings. The van der Waals surface area contributed by atoms with Crippen LogP contribution >= 0.6 is 15.9 Å². The average Bonchev–Trinajstić information content (AvgIpc) is 2.84. The Bertz CT molecular complexity index is 606. The maximum absolute atomic E-state index is 5.96. The summed E-state index contributed by atoms with van der Waals surface area (Å²) in [6, 6.07) is 8.53. The standard InChI is InChI=1S/C16H20BrN3O/c1-3-18-15(16-13(17)9-19-20(16)2)12-8-11-6-4-5-7-14(11)21-10-12/h4-7,9,12,15,18H,3,8,10H2,1-2H3. The molecule has 0 fully saturated rings. The van der Waals surface area contributed by atoms with Crippen LogP contribution in [0.1, 0.15) is 24.2 Å². The fourth-order valence-corrected chi connectivity index (χ4v) is 3.64. The van der Waals surface area contributed by atoms with Crippen LogP contribution in [0.4, 0.5) is 0 Å². The van der Waals surface area contributed by atoms with E-state index in [1.807, 2.05) is 30.1 Å². The number of benzene rings is 1. The fourth-order valence-electron chi connectivity index (χ4n) is 3.04. The van der Waals surface area contributed by atoms with Gasteiger partial charge in [0.2, 0.25) is 0 Å². The summed E-state index contributed by atoms with van der Waals surface area (Å²) in [7, 11) is 1.99. The first kappa shape index (κ1) is 14.6. The van der Waals surface area contributed by atoms with Gasteiger partial charge >= 0.3 is 0 Å². The number of fused-ring (bicyclic) bond motifs is 1. The highest BCUT2D eigenvalue weighted by Gasteiger charge is 2.31. The summed E-state index contributed by atoms with van der Waals surface area (Å²) in [6.45, 7) is 3.78. The first-order valence-corrected chi connectivity index (χ1v) is 8.11. The van der Waals surface area contributed by atoms with E-state index in [2.05, 4.69) is 45.4 Å². The molecule has 1 aliphatic heterocycles. The minimum atomic E-state index is 0.227. The lowest BCUT2D eigenvalue weighted by molar-refractivity contribution is 0.181. The number of nitrogens with zero attached hydrogens (tertiary/aromatic N) is 2. The normalized spacial score (nSPS) is 18.9. The molecule has 0 spiro atoms. The molecule has 0 radical (unpaired) electrons. The van der Waals surface area contributed by atoms with Gasteiger partial charge in [-0.15, -0.1) is 0 Å². The van der Waals surface area contributed by atoms with Crippen molar-refractivity contribution in [1.82, 2.24) is 15.1 Å². The first-order chi connectivity index (χ1) is 10.2. The third-order valence-electron chi connectivity index (χ3n) is 4.04. The summed E-state index contributed by atoms with van der Waals surface area (Å²) < 4.78 is 8.95. The van der Waals surface area contributed by atoms with Crippen LogP contribution in [0.3, 0.4) is 0 Å². The molecule has 3 rings (SSSR count). The number of aryl methyl sites for hydroxylation is 1. The molecule has 2 atom stereocenters. The van der Waals surface area contributed by atoms with E-state index in [0.29, 0.717) is 5.92 Å². The summed E-state index contributed by atoms with van der Waals surface area (Å²) in [5.41, 5.74) is 2.47. The van der Waals surface area contributed by atoms with Crippen LogP contribution in [0.2, 0.25) is 0 Å². The maximum Gasteiger partial charge on any atom is 0.122 e. The topological polar surface area (TPSA) is 39.1 Å². The largest absolute Gasteiger partial charge is 0.493 e. The number of halogens is 1. The molecule has 0 bridgehead atoms. The zero-order valence-electron chi connectivity index (χ0n) is 12.3. The van der Waals surface area contributed by atoms with Gasteiger partial charge in [-0.05, 0) is 40.5 Å². The maximum atomic E-state index is 5.96. The predicted molar refractivity (Wildman–Crippen MR) is 86.5 cm³/mol. The lowest BCUT2D eigenvalue weighted by Gasteiger charge is -2.32. The molecule has 2 unspecified atom stereocenters. The van der Waals surface area contributed by atoms with E-state index in [4.69, 9.17) is 4.74 Å². The number of para-hydroxylation sites is 1. The smallest absolute Gasteiger partial charge is 0.122 e. The summed E-state index contributed by atoms with van der Waals surface area (Å²) in [5, 5.41) is 7.94. The minimum absolute atomic E-state index is 0.227. The van der Waals surface area contributed by atoms with Crippen molar-refractivity contribution in [2.45, 2.75) is 19.4 Å². The van der Waals surface area contributed by atoms with E-state index >= 15 is 0 Å². The van der Waals surface area contributed by atoms with E-state index in [1.165, 1.54) is 11.3 Å². The quantitative estimate of drug-likeness (QED) is 0.921. The molecule has 4 nitrogen and oxygen atoms in total. The molecule has 112 valence electrons. The van der Waals surface area contributed by atoms with Gasteiger partial charge in [0.25, 0.3) is 0 Å². The lowest BCUT2D eigenvalue weighted by Crippen LogP contribution is -2.36. The Morgan fingerprint density at radius 2 is 2.29 bits per heavy atom. The van der Waals surface area contributed by atoms with Crippen LogP contribution in [0.25, 0.3) is 0 Å². The summed E-state index contributed by atoms with van der Waals surface area (Å²) in [4.78, 5) is 0. The third kappa shape index (κ3) is 2.85. The molecule has 1 aliphatic rings. The van der Waals surface area contributed by atoms with Crippen LogP contribution in [-0.4, -0.2) is 22.9 Å². The van der Waals surface area contributed by atoms with Gasteiger partial charge in [-0.3, -0.25) is 4.68 Å². The van der Waals surface area contributed by atoms with Crippen molar-refractivity contribution in [3.63, 3.8) is 0 Å². The van der Waals surface area contributed by atoms with Crippen molar-refractivity contribution in [2.24, 2.45) is 13.0 Å². The second-order valence-corrected chi connectivity index (χ2v) is 6.27. The van der Waals surface area contributed by atoms with Gasteiger partial charge in [-0.25, -0.2) is 0 Å². The lowest BCUT2D eigenvalue weighted by atomic mass is 9.88. The van der Waals surface area contributed by atoms with Crippen molar-refractivity contribution >= 4 is 15.9 Å². The Morgan fingerprint density at radius 3 is 3.00 bits per heavy atom. The first-order valence-electron chi connectivity index (χ1n) is 7.32. The van der Waals surface area contributed by atoms with Gasteiger partial charge < -0.3 is 10.1 Å². The van der Waals surface area contributed by atoms with Gasteiger partial charge in [0.1, 0.15) is 5.75 Å². The van der Waals surface area contributed by atoms with Crippen molar-refractivity contribution in [1.29, 1.82) is 0 Å². The zero-order chi connectivity index (χ0) is 14.8. The monoisotopic (exact) mass is 349 g/mol. The van der Waals surface area contributed by atoms with E-state index < -0.39 is 0 Å². The molecule has 2 heterocycles. The second-order valence-electron chi connectivity index (χ2n) is 5.42. The molecular weight excluding hydrogens is 330 g/mol. The predicted octanol–water partition coefficient (Wildman–Crippen LogP) is 3.08. The van der Waals surface area contributed by atoms with Gasteiger partial charge in [0, 0.05) is 13.0 Å². The van der Waals surface area contributed by atoms with Crippen LogP contribution in [0.5, 0.6) is 5.75 Å². The molecule has 5 heteroatoms. The van der Waals surface area contributed by atoms with Crippen molar-refractivity contribution < 1.29 is 4.74 Å². The average molecular weight is 350 g/mol. The molecule has 1 N–H and O–H groups in total. The fraction of sp³-hybridized carbons (Fsp3) is 0.438. The summed E-state index contributed by atoms with van der Waals surface area (Å²) >= 11 is 3.62. The Kier molecular flexibility index (Phi) is 4.31. The molecule has 0 saturated heterocycles. The number of ether oxygens (including phenoxy) is 1. The SMILES string of the molecule is CCNC(c1c(Br)cnn1C)C1COc2ccccc2C1. The Morgan fingerprint density at radius 1 is 1.48 bits per heavy atom. The summed E-state index contributed by atoms with van der Waals surface area (Å²) in [6.07, 6.45) is 2.88. The van der Waals surface area contributed by atoms with Crippen molar-refractivity contribution in [3.05, 3.63) is 46.2 Å².